The van der Waals surface area contributed by atoms with Crippen LogP contribution in [0.3, 0.4) is 0 Å². The molecular weight excluding hydrogens is 486 g/mol. The predicted octanol–water partition coefficient (Wildman–Crippen LogP) is 9.49. The summed E-state index contributed by atoms with van der Waals surface area (Å²) in [6, 6.07) is 48.8. The Hall–Kier alpha value is -5.41. The Labute approximate surface area is 231 Å². The minimum atomic E-state index is 0.664. The van der Waals surface area contributed by atoms with Gasteiger partial charge in [0.05, 0.1) is 0 Å². The summed E-state index contributed by atoms with van der Waals surface area (Å²) in [5, 5.41) is 9.78. The molecule has 1 heterocycles. The van der Waals surface area contributed by atoms with Gasteiger partial charge >= 0.3 is 0 Å². The molecule has 8 aromatic rings. The second-order valence-electron chi connectivity index (χ2n) is 10.1. The summed E-state index contributed by atoms with van der Waals surface area (Å²) in [7, 11) is 0. The van der Waals surface area contributed by atoms with E-state index in [9.17, 15) is 0 Å². The average molecular weight is 510 g/mol. The van der Waals surface area contributed by atoms with Gasteiger partial charge in [0.15, 0.2) is 17.5 Å². The van der Waals surface area contributed by atoms with Gasteiger partial charge in [-0.1, -0.05) is 127 Å². The van der Waals surface area contributed by atoms with Gasteiger partial charge in [-0.3, -0.25) is 0 Å². The van der Waals surface area contributed by atoms with Crippen LogP contribution in [0.5, 0.6) is 0 Å². The van der Waals surface area contributed by atoms with E-state index in [1.807, 2.05) is 30.3 Å². The second kappa shape index (κ2) is 9.11. The van der Waals surface area contributed by atoms with E-state index in [1.165, 1.54) is 32.3 Å². The Morgan fingerprint density at radius 2 is 0.750 bits per heavy atom. The molecule has 0 saturated carbocycles. The number of rotatable bonds is 3. The minimum absolute atomic E-state index is 0.664. The van der Waals surface area contributed by atoms with Gasteiger partial charge in [0.1, 0.15) is 0 Å². The fourth-order valence-electron chi connectivity index (χ4n) is 5.65. The van der Waals surface area contributed by atoms with Gasteiger partial charge in [0.2, 0.25) is 0 Å². The Morgan fingerprint density at radius 3 is 1.50 bits per heavy atom. The number of aromatic nitrogens is 3. The van der Waals surface area contributed by atoms with E-state index in [0.717, 1.165) is 27.5 Å². The van der Waals surface area contributed by atoms with Crippen molar-refractivity contribution in [2.75, 3.05) is 0 Å². The van der Waals surface area contributed by atoms with Gasteiger partial charge in [-0.25, -0.2) is 15.0 Å². The lowest BCUT2D eigenvalue weighted by molar-refractivity contribution is 1.08. The highest BCUT2D eigenvalue weighted by molar-refractivity contribution is 6.17. The van der Waals surface area contributed by atoms with E-state index < -0.39 is 0 Å². The van der Waals surface area contributed by atoms with Crippen molar-refractivity contribution >= 4 is 43.1 Å². The largest absolute Gasteiger partial charge is 0.208 e. The van der Waals surface area contributed by atoms with Gasteiger partial charge < -0.3 is 0 Å². The first kappa shape index (κ1) is 22.6. The Kier molecular flexibility index (Phi) is 5.14. The molecule has 0 atom stereocenters. The summed E-state index contributed by atoms with van der Waals surface area (Å²) in [6.07, 6.45) is 0. The normalized spacial score (nSPS) is 11.5. The predicted molar refractivity (Wildman–Crippen MR) is 166 cm³/mol. The second-order valence-corrected chi connectivity index (χ2v) is 10.1. The van der Waals surface area contributed by atoms with Crippen LogP contribution in [0, 0.1) is 0 Å². The number of hydrogen-bond acceptors (Lipinski definition) is 3. The zero-order chi connectivity index (χ0) is 26.5. The van der Waals surface area contributed by atoms with E-state index in [0.29, 0.717) is 17.5 Å². The van der Waals surface area contributed by atoms with E-state index in [1.54, 1.807) is 0 Å². The van der Waals surface area contributed by atoms with Crippen LogP contribution in [0.1, 0.15) is 0 Å². The first-order chi connectivity index (χ1) is 19.8. The lowest BCUT2D eigenvalue weighted by atomic mass is 9.96. The Morgan fingerprint density at radius 1 is 0.275 bits per heavy atom. The fraction of sp³-hybridized carbons (Fsp3) is 0. The molecule has 0 unspecified atom stereocenters. The number of fused-ring (bicyclic) bond motifs is 6. The molecule has 0 amide bonds. The van der Waals surface area contributed by atoms with Gasteiger partial charge in [0.25, 0.3) is 0 Å². The van der Waals surface area contributed by atoms with Crippen molar-refractivity contribution in [2.24, 2.45) is 0 Å². The topological polar surface area (TPSA) is 38.7 Å². The molecule has 7 aromatic carbocycles. The molecule has 0 aliphatic rings. The van der Waals surface area contributed by atoms with E-state index >= 15 is 0 Å². The van der Waals surface area contributed by atoms with E-state index in [4.69, 9.17) is 15.0 Å². The summed E-state index contributed by atoms with van der Waals surface area (Å²) in [4.78, 5) is 14.9. The molecule has 0 bridgehead atoms. The van der Waals surface area contributed by atoms with Gasteiger partial charge in [-0.2, -0.15) is 0 Å². The summed E-state index contributed by atoms with van der Waals surface area (Å²) >= 11 is 0. The Bertz CT molecular complexity index is 2220. The highest BCUT2D eigenvalue weighted by atomic mass is 15.0. The van der Waals surface area contributed by atoms with Crippen LogP contribution in [0.2, 0.25) is 0 Å². The molecule has 0 aliphatic carbocycles. The fourth-order valence-corrected chi connectivity index (χ4v) is 5.65. The van der Waals surface area contributed by atoms with Crippen molar-refractivity contribution < 1.29 is 0 Å². The quantitative estimate of drug-likeness (QED) is 0.223. The third-order valence-electron chi connectivity index (χ3n) is 7.68. The Balaban J connectivity index is 1.31. The van der Waals surface area contributed by atoms with Crippen LogP contribution in [0.25, 0.3) is 77.3 Å². The number of nitrogens with zero attached hydrogens (tertiary/aromatic N) is 3. The molecular formula is C37H23N3. The van der Waals surface area contributed by atoms with Crippen molar-refractivity contribution in [1.29, 1.82) is 0 Å². The van der Waals surface area contributed by atoms with Crippen LogP contribution in [0.4, 0.5) is 0 Å². The molecule has 0 radical (unpaired) electrons. The standard InChI is InChI=1S/C37H23N3/c1-2-10-26(11-3-1)35-38-36(29-15-14-24-8-4-5-12-27(24)22-29)40-37(39-35)30-18-19-32-28(23-30)17-21-33-31-13-7-6-9-25(31)16-20-34(32)33/h1-23H. The summed E-state index contributed by atoms with van der Waals surface area (Å²) < 4.78 is 0. The van der Waals surface area contributed by atoms with Crippen molar-refractivity contribution in [3.8, 4) is 34.2 Å². The van der Waals surface area contributed by atoms with Crippen molar-refractivity contribution in [3.63, 3.8) is 0 Å². The summed E-state index contributed by atoms with van der Waals surface area (Å²) in [5.74, 6) is 2.00. The molecule has 40 heavy (non-hydrogen) atoms. The summed E-state index contributed by atoms with van der Waals surface area (Å²) in [5.41, 5.74) is 2.90. The highest BCUT2D eigenvalue weighted by Gasteiger charge is 2.14. The maximum Gasteiger partial charge on any atom is 0.164 e. The maximum atomic E-state index is 4.99. The lowest BCUT2D eigenvalue weighted by Crippen LogP contribution is -2.00. The van der Waals surface area contributed by atoms with Crippen molar-refractivity contribution in [1.82, 2.24) is 15.0 Å². The molecule has 8 rings (SSSR count). The van der Waals surface area contributed by atoms with Crippen molar-refractivity contribution in [2.45, 2.75) is 0 Å². The molecule has 186 valence electrons. The maximum absolute atomic E-state index is 4.99. The average Bonchev–Trinajstić information content (AvgIpc) is 3.04. The van der Waals surface area contributed by atoms with Crippen LogP contribution < -0.4 is 0 Å². The van der Waals surface area contributed by atoms with Gasteiger partial charge in [0, 0.05) is 16.7 Å². The molecule has 0 spiro atoms. The third kappa shape index (κ3) is 3.79. The molecule has 0 N–H and O–H groups in total. The van der Waals surface area contributed by atoms with Gasteiger partial charge in [-0.05, 0) is 55.2 Å². The monoisotopic (exact) mass is 509 g/mol. The zero-order valence-corrected chi connectivity index (χ0v) is 21.6. The SMILES string of the molecule is c1ccc(-c2nc(-c3ccc4ccccc4c3)nc(-c3ccc4c(ccc5c6ccccc6ccc45)c3)n2)cc1. The number of hydrogen-bond donors (Lipinski definition) is 0. The first-order valence-electron chi connectivity index (χ1n) is 13.5. The van der Waals surface area contributed by atoms with Crippen LogP contribution in [-0.4, -0.2) is 15.0 Å². The highest BCUT2D eigenvalue weighted by Crippen LogP contribution is 2.34. The van der Waals surface area contributed by atoms with Crippen LogP contribution in [0.15, 0.2) is 140 Å². The first-order valence-corrected chi connectivity index (χ1v) is 13.5. The van der Waals surface area contributed by atoms with E-state index in [-0.39, 0.29) is 0 Å². The molecule has 3 nitrogen and oxygen atoms in total. The molecule has 0 aliphatic heterocycles. The van der Waals surface area contributed by atoms with E-state index in [2.05, 4.69) is 109 Å². The van der Waals surface area contributed by atoms with Crippen LogP contribution in [-0.2, 0) is 0 Å². The summed E-state index contributed by atoms with van der Waals surface area (Å²) in [6.45, 7) is 0. The number of benzene rings is 7. The molecule has 1 aromatic heterocycles. The smallest absolute Gasteiger partial charge is 0.164 e. The molecule has 0 fully saturated rings. The third-order valence-corrected chi connectivity index (χ3v) is 7.68. The minimum Gasteiger partial charge on any atom is -0.208 e. The zero-order valence-electron chi connectivity index (χ0n) is 21.6. The molecule has 3 heteroatoms. The lowest BCUT2D eigenvalue weighted by Gasteiger charge is -2.11. The van der Waals surface area contributed by atoms with Crippen molar-refractivity contribution in [3.05, 3.63) is 140 Å². The van der Waals surface area contributed by atoms with Crippen LogP contribution >= 0.6 is 0 Å². The molecule has 0 saturated heterocycles. The van der Waals surface area contributed by atoms with Gasteiger partial charge in [-0.15, -0.1) is 0 Å².